The van der Waals surface area contributed by atoms with E-state index in [9.17, 15) is 14.4 Å². The van der Waals surface area contributed by atoms with E-state index < -0.39 is 6.04 Å². The fraction of sp³-hybridized carbons (Fsp3) is 0.286. The van der Waals surface area contributed by atoms with Crippen LogP contribution in [0.3, 0.4) is 0 Å². The number of amides is 3. The van der Waals surface area contributed by atoms with Gasteiger partial charge in [-0.15, -0.1) is 0 Å². The molecule has 144 valence electrons. The minimum Gasteiger partial charge on any atom is -0.322 e. The molecule has 0 radical (unpaired) electrons. The summed E-state index contributed by atoms with van der Waals surface area (Å²) in [6, 6.07) is 13.5. The SMILES string of the molecule is Cc1ccc(SNCc2ccc3c(c2)CN(C2CCC(=O)NC2=O)C3=O)cc1. The lowest BCUT2D eigenvalue weighted by molar-refractivity contribution is -0.136. The molecule has 28 heavy (non-hydrogen) atoms. The Hall–Kier alpha value is -2.64. The third-order valence-electron chi connectivity index (χ3n) is 5.08. The van der Waals surface area contributed by atoms with Crippen molar-refractivity contribution < 1.29 is 14.4 Å². The van der Waals surface area contributed by atoms with Crippen LogP contribution in [0.4, 0.5) is 0 Å². The van der Waals surface area contributed by atoms with Crippen molar-refractivity contribution in [2.75, 3.05) is 0 Å². The van der Waals surface area contributed by atoms with Gasteiger partial charge < -0.3 is 4.90 Å². The summed E-state index contributed by atoms with van der Waals surface area (Å²) in [6.45, 7) is 3.13. The van der Waals surface area contributed by atoms with Crippen LogP contribution in [0.25, 0.3) is 0 Å². The van der Waals surface area contributed by atoms with Crippen molar-refractivity contribution in [2.45, 2.75) is 43.8 Å². The number of nitrogens with zero attached hydrogens (tertiary/aromatic N) is 1. The normalized spacial score (nSPS) is 19.0. The zero-order valence-electron chi connectivity index (χ0n) is 15.5. The van der Waals surface area contributed by atoms with Crippen LogP contribution in [0.5, 0.6) is 0 Å². The van der Waals surface area contributed by atoms with E-state index in [-0.39, 0.29) is 24.1 Å². The van der Waals surface area contributed by atoms with Gasteiger partial charge >= 0.3 is 0 Å². The lowest BCUT2D eigenvalue weighted by Crippen LogP contribution is -2.52. The Morgan fingerprint density at radius 1 is 1.14 bits per heavy atom. The van der Waals surface area contributed by atoms with Crippen molar-refractivity contribution in [3.63, 3.8) is 0 Å². The predicted octanol–water partition coefficient (Wildman–Crippen LogP) is 2.55. The zero-order chi connectivity index (χ0) is 19.7. The number of rotatable bonds is 5. The van der Waals surface area contributed by atoms with Crippen LogP contribution in [0.1, 0.15) is 39.9 Å². The molecule has 1 atom stereocenters. The average molecular weight is 395 g/mol. The molecule has 6 nitrogen and oxygen atoms in total. The summed E-state index contributed by atoms with van der Waals surface area (Å²) in [5, 5.41) is 2.33. The molecule has 0 saturated carbocycles. The molecule has 1 unspecified atom stereocenters. The molecule has 3 amide bonds. The molecule has 7 heteroatoms. The molecule has 1 fully saturated rings. The molecule has 0 spiro atoms. The first kappa shape index (κ1) is 18.7. The fourth-order valence-electron chi connectivity index (χ4n) is 3.55. The maximum Gasteiger partial charge on any atom is 0.255 e. The van der Waals surface area contributed by atoms with E-state index in [0.717, 1.165) is 16.0 Å². The Morgan fingerprint density at radius 3 is 2.68 bits per heavy atom. The Labute approximate surface area is 167 Å². The smallest absolute Gasteiger partial charge is 0.255 e. The Morgan fingerprint density at radius 2 is 1.93 bits per heavy atom. The van der Waals surface area contributed by atoms with Crippen LogP contribution in [0.15, 0.2) is 47.4 Å². The van der Waals surface area contributed by atoms with Crippen molar-refractivity contribution in [3.8, 4) is 0 Å². The van der Waals surface area contributed by atoms with E-state index in [0.29, 0.717) is 25.1 Å². The summed E-state index contributed by atoms with van der Waals surface area (Å²) in [5.41, 5.74) is 3.87. The van der Waals surface area contributed by atoms with Crippen molar-refractivity contribution in [1.29, 1.82) is 0 Å². The number of carbonyl (C=O) groups is 3. The number of aryl methyl sites for hydroxylation is 1. The molecule has 0 aromatic heterocycles. The molecular formula is C21H21N3O3S. The molecule has 2 aliphatic heterocycles. The minimum atomic E-state index is -0.573. The summed E-state index contributed by atoms with van der Waals surface area (Å²) >= 11 is 1.57. The molecule has 2 N–H and O–H groups in total. The molecule has 2 aromatic rings. The zero-order valence-corrected chi connectivity index (χ0v) is 16.3. The molecule has 4 rings (SSSR count). The van der Waals surface area contributed by atoms with Gasteiger partial charge in [0.1, 0.15) is 6.04 Å². The van der Waals surface area contributed by atoms with Crippen LogP contribution in [0.2, 0.25) is 0 Å². The number of benzene rings is 2. The van der Waals surface area contributed by atoms with E-state index in [2.05, 4.69) is 41.2 Å². The highest BCUT2D eigenvalue weighted by Crippen LogP contribution is 2.28. The van der Waals surface area contributed by atoms with Gasteiger partial charge in [0, 0.05) is 30.0 Å². The van der Waals surface area contributed by atoms with Crippen molar-refractivity contribution in [1.82, 2.24) is 14.9 Å². The summed E-state index contributed by atoms with van der Waals surface area (Å²) < 4.78 is 3.34. The van der Waals surface area contributed by atoms with E-state index >= 15 is 0 Å². The van der Waals surface area contributed by atoms with E-state index in [1.807, 2.05) is 18.2 Å². The van der Waals surface area contributed by atoms with Gasteiger partial charge in [-0.25, -0.2) is 0 Å². The Kier molecular flexibility index (Phi) is 5.19. The second-order valence-corrected chi connectivity index (χ2v) is 8.09. The second-order valence-electron chi connectivity index (χ2n) is 7.13. The van der Waals surface area contributed by atoms with Crippen molar-refractivity contribution >= 4 is 29.7 Å². The number of carbonyl (C=O) groups excluding carboxylic acids is 3. The number of piperidine rings is 1. The van der Waals surface area contributed by atoms with Gasteiger partial charge in [-0.1, -0.05) is 29.8 Å². The Bertz CT molecular complexity index is 942. The standard InChI is InChI=1S/C21H21N3O3S/c1-13-2-5-16(6-3-13)28-22-11-14-4-7-17-15(10-14)12-24(21(17)27)18-8-9-19(25)23-20(18)26/h2-7,10,18,22H,8-9,11-12H2,1H3,(H,23,25,26). The summed E-state index contributed by atoms with van der Waals surface area (Å²) in [5.74, 6) is -0.795. The van der Waals surface area contributed by atoms with Crippen molar-refractivity contribution in [3.05, 3.63) is 64.7 Å². The van der Waals surface area contributed by atoms with E-state index in [4.69, 9.17) is 0 Å². The van der Waals surface area contributed by atoms with Gasteiger partial charge in [0.15, 0.2) is 0 Å². The second kappa shape index (κ2) is 7.77. The highest BCUT2D eigenvalue weighted by molar-refractivity contribution is 7.97. The van der Waals surface area contributed by atoms with Gasteiger partial charge in [-0.2, -0.15) is 0 Å². The minimum absolute atomic E-state index is 0.141. The van der Waals surface area contributed by atoms with Crippen LogP contribution >= 0.6 is 11.9 Å². The highest BCUT2D eigenvalue weighted by atomic mass is 32.2. The van der Waals surface area contributed by atoms with Gasteiger partial charge in [0.25, 0.3) is 5.91 Å². The molecule has 1 saturated heterocycles. The van der Waals surface area contributed by atoms with Crippen LogP contribution in [-0.2, 0) is 22.7 Å². The number of hydrogen-bond donors (Lipinski definition) is 2. The van der Waals surface area contributed by atoms with E-state index in [1.165, 1.54) is 5.56 Å². The first-order valence-corrected chi connectivity index (χ1v) is 10.1. The van der Waals surface area contributed by atoms with Gasteiger partial charge in [-0.3, -0.25) is 24.4 Å². The predicted molar refractivity (Wildman–Crippen MR) is 106 cm³/mol. The number of fused-ring (bicyclic) bond motifs is 1. The Balaban J connectivity index is 1.40. The molecular weight excluding hydrogens is 374 g/mol. The molecule has 2 heterocycles. The third-order valence-corrected chi connectivity index (χ3v) is 5.87. The molecule has 0 aliphatic carbocycles. The summed E-state index contributed by atoms with van der Waals surface area (Å²) in [7, 11) is 0. The van der Waals surface area contributed by atoms with Gasteiger partial charge in [0.05, 0.1) is 0 Å². The third kappa shape index (κ3) is 3.81. The first-order chi connectivity index (χ1) is 13.5. The van der Waals surface area contributed by atoms with Crippen LogP contribution < -0.4 is 10.0 Å². The highest BCUT2D eigenvalue weighted by Gasteiger charge is 2.38. The molecule has 2 aromatic carbocycles. The van der Waals surface area contributed by atoms with E-state index in [1.54, 1.807) is 16.8 Å². The first-order valence-electron chi connectivity index (χ1n) is 9.24. The molecule has 0 bridgehead atoms. The average Bonchev–Trinajstić information content (AvgIpc) is 2.99. The fourth-order valence-corrected chi connectivity index (χ4v) is 4.22. The van der Waals surface area contributed by atoms with Crippen molar-refractivity contribution in [2.24, 2.45) is 0 Å². The molecule has 2 aliphatic rings. The van der Waals surface area contributed by atoms with Crippen LogP contribution in [-0.4, -0.2) is 28.7 Å². The van der Waals surface area contributed by atoms with Gasteiger partial charge in [0.2, 0.25) is 11.8 Å². The quantitative estimate of drug-likeness (QED) is 0.601. The topological polar surface area (TPSA) is 78.5 Å². The lowest BCUT2D eigenvalue weighted by atomic mass is 10.0. The largest absolute Gasteiger partial charge is 0.322 e. The monoisotopic (exact) mass is 395 g/mol. The summed E-state index contributed by atoms with van der Waals surface area (Å²) in [4.78, 5) is 38.9. The number of nitrogens with one attached hydrogen (secondary N) is 2. The van der Waals surface area contributed by atoms with Gasteiger partial charge in [-0.05, 0) is 54.6 Å². The van der Waals surface area contributed by atoms with Crippen LogP contribution in [0, 0.1) is 6.92 Å². The maximum absolute atomic E-state index is 12.7. The summed E-state index contributed by atoms with van der Waals surface area (Å²) in [6.07, 6.45) is 0.647. The maximum atomic E-state index is 12.7. The number of hydrogen-bond acceptors (Lipinski definition) is 5. The lowest BCUT2D eigenvalue weighted by Gasteiger charge is -2.29. The number of imide groups is 1.